The van der Waals surface area contributed by atoms with Crippen molar-refractivity contribution in [3.63, 3.8) is 0 Å². The Bertz CT molecular complexity index is 787. The largest absolute Gasteiger partial charge is 0.481 e. The Labute approximate surface area is 145 Å². The zero-order chi connectivity index (χ0) is 18.0. The monoisotopic (exact) mass is 343 g/mol. The summed E-state index contributed by atoms with van der Waals surface area (Å²) in [6.07, 6.45) is 1.92. The molecule has 0 spiro atoms. The van der Waals surface area contributed by atoms with E-state index >= 15 is 0 Å². The van der Waals surface area contributed by atoms with Gasteiger partial charge in [-0.05, 0) is 6.42 Å². The Balaban J connectivity index is 1.90. The SMILES string of the molecule is COCC1(C(=O)O)CCN(C(=O)c2cnn(C)c2-c2ccccc2)C1. The van der Waals surface area contributed by atoms with E-state index in [1.54, 1.807) is 22.8 Å². The van der Waals surface area contributed by atoms with Crippen LogP contribution in [0.3, 0.4) is 0 Å². The smallest absolute Gasteiger partial charge is 0.313 e. The number of rotatable bonds is 5. The van der Waals surface area contributed by atoms with Crippen LogP contribution in [0.15, 0.2) is 36.5 Å². The molecule has 0 bridgehead atoms. The predicted molar refractivity (Wildman–Crippen MR) is 91.1 cm³/mol. The van der Waals surface area contributed by atoms with Crippen LogP contribution in [-0.2, 0) is 16.6 Å². The molecule has 2 heterocycles. The first-order chi connectivity index (χ1) is 12.0. The molecule has 2 aromatic rings. The van der Waals surface area contributed by atoms with Crippen molar-refractivity contribution >= 4 is 11.9 Å². The third-order valence-electron chi connectivity index (χ3n) is 4.73. The number of ether oxygens (including phenoxy) is 1. The van der Waals surface area contributed by atoms with Gasteiger partial charge in [0.15, 0.2) is 0 Å². The quantitative estimate of drug-likeness (QED) is 0.892. The normalized spacial score (nSPS) is 20.0. The summed E-state index contributed by atoms with van der Waals surface area (Å²) >= 11 is 0. The van der Waals surface area contributed by atoms with Crippen molar-refractivity contribution in [2.75, 3.05) is 26.8 Å². The van der Waals surface area contributed by atoms with Crippen LogP contribution in [0.25, 0.3) is 11.3 Å². The molecule has 1 atom stereocenters. The maximum absolute atomic E-state index is 13.0. The first-order valence-corrected chi connectivity index (χ1v) is 8.07. The van der Waals surface area contributed by atoms with Gasteiger partial charge in [0.2, 0.25) is 0 Å². The van der Waals surface area contributed by atoms with Gasteiger partial charge in [0.1, 0.15) is 5.41 Å². The maximum Gasteiger partial charge on any atom is 0.313 e. The van der Waals surface area contributed by atoms with Crippen molar-refractivity contribution in [1.82, 2.24) is 14.7 Å². The van der Waals surface area contributed by atoms with Crippen molar-refractivity contribution in [1.29, 1.82) is 0 Å². The van der Waals surface area contributed by atoms with Crippen LogP contribution in [0, 0.1) is 5.41 Å². The Morgan fingerprint density at radius 3 is 2.68 bits per heavy atom. The molecule has 3 rings (SSSR count). The minimum atomic E-state index is -1.04. The lowest BCUT2D eigenvalue weighted by molar-refractivity contribution is -0.151. The minimum absolute atomic E-state index is 0.0880. The summed E-state index contributed by atoms with van der Waals surface area (Å²) in [5.74, 6) is -1.13. The molecule has 1 fully saturated rings. The number of carbonyl (C=O) groups excluding carboxylic acids is 1. The number of hydrogen-bond donors (Lipinski definition) is 1. The molecule has 1 aliphatic heterocycles. The topological polar surface area (TPSA) is 84.7 Å². The first-order valence-electron chi connectivity index (χ1n) is 8.07. The van der Waals surface area contributed by atoms with E-state index in [1.165, 1.54) is 7.11 Å². The van der Waals surface area contributed by atoms with Crippen LogP contribution >= 0.6 is 0 Å². The van der Waals surface area contributed by atoms with Gasteiger partial charge in [-0.15, -0.1) is 0 Å². The second-order valence-electron chi connectivity index (χ2n) is 6.39. The van der Waals surface area contributed by atoms with E-state index in [0.717, 1.165) is 11.3 Å². The number of nitrogens with zero attached hydrogens (tertiary/aromatic N) is 3. The predicted octanol–water partition coefficient (Wildman–Crippen LogP) is 1.65. The third kappa shape index (κ3) is 3.02. The van der Waals surface area contributed by atoms with Crippen molar-refractivity contribution in [2.24, 2.45) is 12.5 Å². The molecule has 1 unspecified atom stereocenters. The Hall–Kier alpha value is -2.67. The highest BCUT2D eigenvalue weighted by Crippen LogP contribution is 2.33. The minimum Gasteiger partial charge on any atom is -0.481 e. The van der Waals surface area contributed by atoms with Crippen LogP contribution in [0.4, 0.5) is 0 Å². The number of aromatic nitrogens is 2. The van der Waals surface area contributed by atoms with E-state index in [2.05, 4.69) is 5.10 Å². The summed E-state index contributed by atoms with van der Waals surface area (Å²) in [4.78, 5) is 26.3. The molecular formula is C18H21N3O4. The summed E-state index contributed by atoms with van der Waals surface area (Å²) in [7, 11) is 3.26. The zero-order valence-electron chi connectivity index (χ0n) is 14.3. The highest BCUT2D eigenvalue weighted by atomic mass is 16.5. The lowest BCUT2D eigenvalue weighted by Crippen LogP contribution is -2.40. The van der Waals surface area contributed by atoms with E-state index in [1.807, 2.05) is 30.3 Å². The summed E-state index contributed by atoms with van der Waals surface area (Å²) in [6, 6.07) is 9.56. The van der Waals surface area contributed by atoms with Gasteiger partial charge in [-0.3, -0.25) is 14.3 Å². The fourth-order valence-electron chi connectivity index (χ4n) is 3.38. The number of likely N-dealkylation sites (tertiary alicyclic amines) is 1. The van der Waals surface area contributed by atoms with Crippen molar-refractivity contribution in [2.45, 2.75) is 6.42 Å². The number of carbonyl (C=O) groups is 2. The Morgan fingerprint density at radius 1 is 1.32 bits per heavy atom. The number of aryl methyl sites for hydroxylation is 1. The van der Waals surface area contributed by atoms with Crippen LogP contribution in [0.2, 0.25) is 0 Å². The van der Waals surface area contributed by atoms with E-state index in [4.69, 9.17) is 4.74 Å². The highest BCUT2D eigenvalue weighted by molar-refractivity contribution is 6.00. The van der Waals surface area contributed by atoms with Crippen molar-refractivity contribution in [3.05, 3.63) is 42.1 Å². The van der Waals surface area contributed by atoms with Gasteiger partial charge in [0.05, 0.1) is 24.1 Å². The summed E-state index contributed by atoms with van der Waals surface area (Å²) in [5.41, 5.74) is 1.06. The molecular weight excluding hydrogens is 322 g/mol. The molecule has 7 heteroatoms. The van der Waals surface area contributed by atoms with E-state index in [-0.39, 0.29) is 19.1 Å². The second kappa shape index (κ2) is 6.68. The second-order valence-corrected chi connectivity index (χ2v) is 6.39. The number of hydrogen-bond acceptors (Lipinski definition) is 4. The van der Waals surface area contributed by atoms with Gasteiger partial charge < -0.3 is 14.7 Å². The Kier molecular flexibility index (Phi) is 4.59. The summed E-state index contributed by atoms with van der Waals surface area (Å²) in [5, 5.41) is 13.8. The summed E-state index contributed by atoms with van der Waals surface area (Å²) < 4.78 is 6.75. The average molecular weight is 343 g/mol. The molecule has 1 aromatic carbocycles. The summed E-state index contributed by atoms with van der Waals surface area (Å²) in [6.45, 7) is 0.612. The maximum atomic E-state index is 13.0. The van der Waals surface area contributed by atoms with Crippen molar-refractivity contribution in [3.8, 4) is 11.3 Å². The van der Waals surface area contributed by atoms with Gasteiger partial charge in [-0.2, -0.15) is 5.10 Å². The molecule has 132 valence electrons. The first kappa shape index (κ1) is 17.2. The number of amides is 1. The molecule has 1 aromatic heterocycles. The molecule has 1 amide bonds. The molecule has 1 aliphatic rings. The van der Waals surface area contributed by atoms with E-state index in [0.29, 0.717) is 18.5 Å². The third-order valence-corrected chi connectivity index (χ3v) is 4.73. The Morgan fingerprint density at radius 2 is 2.04 bits per heavy atom. The highest BCUT2D eigenvalue weighted by Gasteiger charge is 2.47. The van der Waals surface area contributed by atoms with Gasteiger partial charge in [-0.25, -0.2) is 0 Å². The molecule has 0 saturated carbocycles. The number of benzene rings is 1. The van der Waals surface area contributed by atoms with Gasteiger partial charge in [-0.1, -0.05) is 30.3 Å². The van der Waals surface area contributed by atoms with Crippen LogP contribution in [-0.4, -0.2) is 58.5 Å². The van der Waals surface area contributed by atoms with Gasteiger partial charge >= 0.3 is 5.97 Å². The van der Waals surface area contributed by atoms with E-state index < -0.39 is 11.4 Å². The van der Waals surface area contributed by atoms with Crippen molar-refractivity contribution < 1.29 is 19.4 Å². The van der Waals surface area contributed by atoms with Gasteiger partial charge in [0, 0.05) is 32.8 Å². The zero-order valence-corrected chi connectivity index (χ0v) is 14.3. The lowest BCUT2D eigenvalue weighted by Gasteiger charge is -2.23. The van der Waals surface area contributed by atoms with Crippen LogP contribution < -0.4 is 0 Å². The van der Waals surface area contributed by atoms with E-state index in [9.17, 15) is 14.7 Å². The molecule has 1 N–H and O–H groups in total. The number of methoxy groups -OCH3 is 1. The molecule has 1 saturated heterocycles. The lowest BCUT2D eigenvalue weighted by atomic mass is 9.88. The fraction of sp³-hybridized carbons (Fsp3) is 0.389. The molecule has 0 radical (unpaired) electrons. The molecule has 25 heavy (non-hydrogen) atoms. The number of carboxylic acid groups (broad SMARTS) is 1. The molecule has 0 aliphatic carbocycles. The fourth-order valence-corrected chi connectivity index (χ4v) is 3.38. The van der Waals surface area contributed by atoms with Crippen LogP contribution in [0.1, 0.15) is 16.8 Å². The number of carboxylic acids is 1. The van der Waals surface area contributed by atoms with Crippen LogP contribution in [0.5, 0.6) is 0 Å². The van der Waals surface area contributed by atoms with Gasteiger partial charge in [0.25, 0.3) is 5.91 Å². The number of aliphatic carboxylic acids is 1. The average Bonchev–Trinajstić information content (AvgIpc) is 3.20. The molecule has 7 nitrogen and oxygen atoms in total. The standard InChI is InChI=1S/C18H21N3O4/c1-20-15(13-6-4-3-5-7-13)14(10-19-20)16(22)21-9-8-18(11-21,12-25-2)17(23)24/h3-7,10H,8-9,11-12H2,1-2H3,(H,23,24).